The van der Waals surface area contributed by atoms with E-state index in [0.717, 1.165) is 5.56 Å². The lowest BCUT2D eigenvalue weighted by atomic mass is 10.2. The van der Waals surface area contributed by atoms with E-state index in [-0.39, 0.29) is 5.91 Å². The van der Waals surface area contributed by atoms with Gasteiger partial charge in [0.2, 0.25) is 5.13 Å². The molecule has 3 aromatic rings. The minimum absolute atomic E-state index is 0.285. The smallest absolute Gasteiger partial charge is 0.261 e. The van der Waals surface area contributed by atoms with Crippen molar-refractivity contribution in [1.29, 1.82) is 0 Å². The van der Waals surface area contributed by atoms with Crippen LogP contribution in [0.5, 0.6) is 11.5 Å². The zero-order valence-corrected chi connectivity index (χ0v) is 14.7. The first kappa shape index (κ1) is 16.9. The summed E-state index contributed by atoms with van der Waals surface area (Å²) < 4.78 is 10.8. The quantitative estimate of drug-likeness (QED) is 0.727. The highest BCUT2D eigenvalue weighted by atomic mass is 32.1. The van der Waals surface area contributed by atoms with E-state index in [1.165, 1.54) is 11.3 Å². The predicted molar refractivity (Wildman–Crippen MR) is 97.5 cm³/mol. The number of hydrogen-bond acceptors (Lipinski definition) is 6. The fourth-order valence-electron chi connectivity index (χ4n) is 2.30. The van der Waals surface area contributed by atoms with Crippen molar-refractivity contribution in [2.45, 2.75) is 6.92 Å². The molecule has 0 fully saturated rings. The lowest BCUT2D eigenvalue weighted by molar-refractivity contribution is 0.102. The number of anilines is 1. The molecule has 6 nitrogen and oxygen atoms in total. The minimum atomic E-state index is -0.285. The Hall–Kier alpha value is -2.93. The van der Waals surface area contributed by atoms with Crippen molar-refractivity contribution in [3.05, 3.63) is 54.1 Å². The van der Waals surface area contributed by atoms with Gasteiger partial charge >= 0.3 is 0 Å². The number of methoxy groups -OCH3 is 1. The molecule has 0 aliphatic carbocycles. The van der Waals surface area contributed by atoms with E-state index in [0.29, 0.717) is 33.8 Å². The maximum Gasteiger partial charge on any atom is 0.261 e. The highest BCUT2D eigenvalue weighted by Crippen LogP contribution is 2.33. The first-order chi connectivity index (χ1) is 12.2. The molecule has 7 heteroatoms. The van der Waals surface area contributed by atoms with Crippen LogP contribution in [0.3, 0.4) is 0 Å². The molecule has 0 unspecified atom stereocenters. The van der Waals surface area contributed by atoms with E-state index >= 15 is 0 Å². The van der Waals surface area contributed by atoms with Gasteiger partial charge in [0.25, 0.3) is 5.91 Å². The Labute approximate surface area is 149 Å². The van der Waals surface area contributed by atoms with E-state index < -0.39 is 0 Å². The van der Waals surface area contributed by atoms with Gasteiger partial charge in [0.05, 0.1) is 24.8 Å². The summed E-state index contributed by atoms with van der Waals surface area (Å²) in [5, 5.41) is 12.0. The number of carbonyl (C=O) groups is 1. The second kappa shape index (κ2) is 7.76. The van der Waals surface area contributed by atoms with Crippen molar-refractivity contribution in [3.8, 4) is 22.1 Å². The number of rotatable bonds is 6. The van der Waals surface area contributed by atoms with Gasteiger partial charge in [-0.05, 0) is 31.2 Å². The van der Waals surface area contributed by atoms with Crippen LogP contribution in [0.25, 0.3) is 10.6 Å². The van der Waals surface area contributed by atoms with Crippen LogP contribution in [0.4, 0.5) is 5.13 Å². The van der Waals surface area contributed by atoms with Crippen molar-refractivity contribution in [1.82, 2.24) is 10.2 Å². The second-order valence-corrected chi connectivity index (χ2v) is 5.97. The van der Waals surface area contributed by atoms with Gasteiger partial charge in [-0.2, -0.15) is 0 Å². The maximum atomic E-state index is 12.5. The Kier molecular flexibility index (Phi) is 5.25. The zero-order valence-electron chi connectivity index (χ0n) is 13.9. The highest BCUT2D eigenvalue weighted by molar-refractivity contribution is 7.18. The Morgan fingerprint density at radius 1 is 1.08 bits per heavy atom. The number of aromatic nitrogens is 2. The number of carbonyl (C=O) groups excluding carboxylic acids is 1. The first-order valence-corrected chi connectivity index (χ1v) is 8.54. The number of amides is 1. The largest absolute Gasteiger partial charge is 0.496 e. The monoisotopic (exact) mass is 355 g/mol. The zero-order chi connectivity index (χ0) is 17.6. The molecular formula is C18H17N3O3S. The van der Waals surface area contributed by atoms with Crippen molar-refractivity contribution < 1.29 is 14.3 Å². The predicted octanol–water partition coefficient (Wildman–Crippen LogP) is 3.86. The molecule has 0 atom stereocenters. The summed E-state index contributed by atoms with van der Waals surface area (Å²) in [6.07, 6.45) is 0. The van der Waals surface area contributed by atoms with Crippen LogP contribution in [0.2, 0.25) is 0 Å². The van der Waals surface area contributed by atoms with Crippen molar-refractivity contribution in [2.24, 2.45) is 0 Å². The van der Waals surface area contributed by atoms with Crippen LogP contribution in [0.1, 0.15) is 17.3 Å². The molecule has 1 N–H and O–H groups in total. The molecule has 0 radical (unpaired) electrons. The molecular weight excluding hydrogens is 338 g/mol. The third kappa shape index (κ3) is 3.77. The van der Waals surface area contributed by atoms with Crippen LogP contribution in [0.15, 0.2) is 48.5 Å². The van der Waals surface area contributed by atoms with Gasteiger partial charge in [-0.25, -0.2) is 0 Å². The van der Waals surface area contributed by atoms with E-state index in [2.05, 4.69) is 15.5 Å². The number of nitrogens with zero attached hydrogens (tertiary/aromatic N) is 2. The number of benzene rings is 2. The molecule has 0 spiro atoms. The average molecular weight is 355 g/mol. The Morgan fingerprint density at radius 2 is 1.80 bits per heavy atom. The Balaban J connectivity index is 1.81. The molecule has 0 aliphatic rings. The minimum Gasteiger partial charge on any atom is -0.496 e. The molecule has 0 saturated heterocycles. The van der Waals surface area contributed by atoms with Crippen molar-refractivity contribution >= 4 is 22.4 Å². The second-order valence-electron chi connectivity index (χ2n) is 5.00. The standard InChI is InChI=1S/C18H17N3O3S/c1-3-24-15-11-7-4-8-12(15)16(22)19-18-21-20-17(25-18)13-9-5-6-10-14(13)23-2/h4-11H,3H2,1-2H3,(H,19,21,22). The Morgan fingerprint density at radius 3 is 2.56 bits per heavy atom. The lowest BCUT2D eigenvalue weighted by Gasteiger charge is -2.08. The van der Waals surface area contributed by atoms with Gasteiger partial charge in [-0.1, -0.05) is 35.6 Å². The van der Waals surface area contributed by atoms with Crippen LogP contribution >= 0.6 is 11.3 Å². The number of para-hydroxylation sites is 2. The number of ether oxygens (including phenoxy) is 2. The third-order valence-electron chi connectivity index (χ3n) is 3.41. The summed E-state index contributed by atoms with van der Waals surface area (Å²) in [5.41, 5.74) is 1.29. The van der Waals surface area contributed by atoms with Crippen LogP contribution in [-0.2, 0) is 0 Å². The number of hydrogen-bond donors (Lipinski definition) is 1. The SMILES string of the molecule is CCOc1ccccc1C(=O)Nc1nnc(-c2ccccc2OC)s1. The van der Waals surface area contributed by atoms with E-state index in [4.69, 9.17) is 9.47 Å². The van der Waals surface area contributed by atoms with Gasteiger partial charge < -0.3 is 9.47 Å². The van der Waals surface area contributed by atoms with Crippen LogP contribution in [-0.4, -0.2) is 29.8 Å². The van der Waals surface area contributed by atoms with Crippen molar-refractivity contribution in [2.75, 3.05) is 19.0 Å². The third-order valence-corrected chi connectivity index (χ3v) is 4.29. The molecule has 1 amide bonds. The summed E-state index contributed by atoms with van der Waals surface area (Å²) in [7, 11) is 1.60. The topological polar surface area (TPSA) is 73.3 Å². The molecule has 1 heterocycles. The Bertz CT molecular complexity index is 879. The molecule has 0 saturated carbocycles. The number of nitrogens with one attached hydrogen (secondary N) is 1. The fraction of sp³-hybridized carbons (Fsp3) is 0.167. The maximum absolute atomic E-state index is 12.5. The summed E-state index contributed by atoms with van der Waals surface area (Å²) >= 11 is 1.28. The van der Waals surface area contributed by atoms with Crippen LogP contribution in [0, 0.1) is 0 Å². The van der Waals surface area contributed by atoms with E-state index in [1.807, 2.05) is 37.3 Å². The molecule has 25 heavy (non-hydrogen) atoms. The highest BCUT2D eigenvalue weighted by Gasteiger charge is 2.16. The molecule has 2 aromatic carbocycles. The summed E-state index contributed by atoms with van der Waals surface area (Å²) in [5.74, 6) is 0.960. The molecule has 1 aromatic heterocycles. The van der Waals surface area contributed by atoms with Gasteiger partial charge in [0, 0.05) is 0 Å². The normalized spacial score (nSPS) is 10.3. The van der Waals surface area contributed by atoms with Gasteiger partial charge in [0.15, 0.2) is 5.01 Å². The summed E-state index contributed by atoms with van der Waals surface area (Å²) in [6.45, 7) is 2.36. The average Bonchev–Trinajstić information content (AvgIpc) is 3.10. The molecule has 0 aliphatic heterocycles. The van der Waals surface area contributed by atoms with Gasteiger partial charge in [-0.15, -0.1) is 10.2 Å². The van der Waals surface area contributed by atoms with E-state index in [9.17, 15) is 4.79 Å². The van der Waals surface area contributed by atoms with Gasteiger partial charge in [-0.3, -0.25) is 10.1 Å². The summed E-state index contributed by atoms with van der Waals surface area (Å²) in [4.78, 5) is 12.5. The van der Waals surface area contributed by atoms with Crippen molar-refractivity contribution in [3.63, 3.8) is 0 Å². The molecule has 128 valence electrons. The first-order valence-electron chi connectivity index (χ1n) is 7.73. The fourth-order valence-corrected chi connectivity index (χ4v) is 3.07. The van der Waals surface area contributed by atoms with Crippen LogP contribution < -0.4 is 14.8 Å². The molecule has 3 rings (SSSR count). The summed E-state index contributed by atoms with van der Waals surface area (Å²) in [6, 6.07) is 14.6. The lowest BCUT2D eigenvalue weighted by Crippen LogP contribution is -2.13. The van der Waals surface area contributed by atoms with E-state index in [1.54, 1.807) is 25.3 Å². The molecule has 0 bridgehead atoms. The van der Waals surface area contributed by atoms with Gasteiger partial charge in [0.1, 0.15) is 11.5 Å².